The third kappa shape index (κ3) is 3.28. The van der Waals surface area contributed by atoms with E-state index in [1.165, 1.54) is 0 Å². The first-order valence-corrected chi connectivity index (χ1v) is 8.13. The average molecular weight is 347 g/mol. The molecule has 126 valence electrons. The van der Waals surface area contributed by atoms with Crippen molar-refractivity contribution in [2.45, 2.75) is 6.92 Å². The Kier molecular flexibility index (Phi) is 4.85. The number of benzene rings is 1. The van der Waals surface area contributed by atoms with Gasteiger partial charge in [0, 0.05) is 44.1 Å². The van der Waals surface area contributed by atoms with E-state index in [2.05, 4.69) is 14.9 Å². The number of carbonyl (C=O) groups excluding carboxylic acids is 1. The van der Waals surface area contributed by atoms with E-state index in [-0.39, 0.29) is 5.91 Å². The van der Waals surface area contributed by atoms with Crippen LogP contribution in [0.4, 0.5) is 5.95 Å². The molecule has 1 fully saturated rings. The van der Waals surface area contributed by atoms with Gasteiger partial charge in [0.2, 0.25) is 5.95 Å². The van der Waals surface area contributed by atoms with Gasteiger partial charge in [-0.05, 0) is 30.7 Å². The quantitative estimate of drug-likeness (QED) is 0.854. The first-order chi connectivity index (χ1) is 11.6. The number of aromatic nitrogens is 2. The molecule has 1 saturated heterocycles. The number of nitrogens with zero attached hydrogens (tertiary/aromatic N) is 4. The van der Waals surface area contributed by atoms with Crippen molar-refractivity contribution < 1.29 is 9.53 Å². The Hall–Kier alpha value is -2.34. The second-order valence-electron chi connectivity index (χ2n) is 5.63. The molecule has 0 bridgehead atoms. The highest BCUT2D eigenvalue weighted by Gasteiger charge is 2.25. The summed E-state index contributed by atoms with van der Waals surface area (Å²) < 4.78 is 5.19. The first-order valence-electron chi connectivity index (χ1n) is 7.75. The molecule has 0 saturated carbocycles. The number of amides is 1. The van der Waals surface area contributed by atoms with E-state index in [0.717, 1.165) is 5.56 Å². The van der Waals surface area contributed by atoms with Crippen molar-refractivity contribution in [1.29, 1.82) is 0 Å². The Bertz CT molecular complexity index is 731. The highest BCUT2D eigenvalue weighted by molar-refractivity contribution is 6.32. The van der Waals surface area contributed by atoms with E-state index >= 15 is 0 Å². The van der Waals surface area contributed by atoms with Crippen LogP contribution >= 0.6 is 11.6 Å². The summed E-state index contributed by atoms with van der Waals surface area (Å²) in [5, 5.41) is 0.447. The Morgan fingerprint density at radius 3 is 2.46 bits per heavy atom. The van der Waals surface area contributed by atoms with Crippen molar-refractivity contribution in [2.24, 2.45) is 0 Å². The van der Waals surface area contributed by atoms with Gasteiger partial charge in [0.25, 0.3) is 5.91 Å². The summed E-state index contributed by atoms with van der Waals surface area (Å²) in [5.41, 5.74) is 1.47. The number of ether oxygens (including phenoxy) is 1. The summed E-state index contributed by atoms with van der Waals surface area (Å²) in [5.74, 6) is 1.27. The molecule has 0 unspecified atom stereocenters. The van der Waals surface area contributed by atoms with Gasteiger partial charge in [-0.3, -0.25) is 4.79 Å². The molecule has 0 aliphatic carbocycles. The summed E-state index contributed by atoms with van der Waals surface area (Å²) in [6.07, 6.45) is 3.45. The number of piperazine rings is 1. The lowest BCUT2D eigenvalue weighted by Gasteiger charge is -2.35. The maximum Gasteiger partial charge on any atom is 0.254 e. The van der Waals surface area contributed by atoms with Crippen LogP contribution in [0, 0.1) is 6.92 Å². The predicted octanol–water partition coefficient (Wildman–Crippen LogP) is 2.41. The van der Waals surface area contributed by atoms with Gasteiger partial charge in [0.05, 0.1) is 12.1 Å². The molecule has 2 heterocycles. The van der Waals surface area contributed by atoms with Gasteiger partial charge in [-0.15, -0.1) is 0 Å². The molecule has 2 aromatic rings. The normalized spacial score (nSPS) is 14.6. The van der Waals surface area contributed by atoms with E-state index in [1.54, 1.807) is 37.7 Å². The second kappa shape index (κ2) is 7.05. The van der Waals surface area contributed by atoms with Gasteiger partial charge >= 0.3 is 0 Å². The molecule has 24 heavy (non-hydrogen) atoms. The summed E-state index contributed by atoms with van der Waals surface area (Å²) in [6.45, 7) is 4.55. The zero-order chi connectivity index (χ0) is 17.1. The van der Waals surface area contributed by atoms with E-state index < -0.39 is 0 Å². The van der Waals surface area contributed by atoms with Gasteiger partial charge in [0.1, 0.15) is 5.75 Å². The van der Waals surface area contributed by atoms with Gasteiger partial charge in [-0.25, -0.2) is 9.97 Å². The van der Waals surface area contributed by atoms with Gasteiger partial charge < -0.3 is 14.5 Å². The summed E-state index contributed by atoms with van der Waals surface area (Å²) >= 11 is 6.17. The number of carbonyl (C=O) groups is 1. The molecule has 0 atom stereocenters. The molecule has 7 heteroatoms. The number of hydrogen-bond donors (Lipinski definition) is 0. The lowest BCUT2D eigenvalue weighted by atomic mass is 10.1. The summed E-state index contributed by atoms with van der Waals surface area (Å²) in [7, 11) is 1.56. The monoisotopic (exact) mass is 346 g/mol. The standard InChI is InChI=1S/C17H19ClN4O2/c1-12-10-15(24-2)14(18)11-13(12)16(23)21-6-8-22(9-7-21)17-19-4-3-5-20-17/h3-5,10-11H,6-9H2,1-2H3. The van der Waals surface area contributed by atoms with Crippen LogP contribution in [0.25, 0.3) is 0 Å². The fourth-order valence-electron chi connectivity index (χ4n) is 2.78. The van der Waals surface area contributed by atoms with Crippen LogP contribution < -0.4 is 9.64 Å². The minimum absolute atomic E-state index is 0.00863. The smallest absolute Gasteiger partial charge is 0.254 e. The Morgan fingerprint density at radius 2 is 1.83 bits per heavy atom. The number of rotatable bonds is 3. The Labute approximate surface area is 146 Å². The van der Waals surface area contributed by atoms with E-state index in [9.17, 15) is 4.79 Å². The van der Waals surface area contributed by atoms with Crippen LogP contribution in [0.15, 0.2) is 30.6 Å². The maximum absolute atomic E-state index is 12.8. The van der Waals surface area contributed by atoms with Crippen LogP contribution in [0.2, 0.25) is 5.02 Å². The number of methoxy groups -OCH3 is 1. The molecule has 1 aliphatic heterocycles. The molecule has 3 rings (SSSR count). The second-order valence-corrected chi connectivity index (χ2v) is 6.04. The largest absolute Gasteiger partial charge is 0.495 e. The number of hydrogen-bond acceptors (Lipinski definition) is 5. The van der Waals surface area contributed by atoms with Crippen LogP contribution in [-0.2, 0) is 0 Å². The average Bonchev–Trinajstić information content (AvgIpc) is 2.63. The Balaban J connectivity index is 1.71. The predicted molar refractivity (Wildman–Crippen MR) is 92.9 cm³/mol. The van der Waals surface area contributed by atoms with Crippen molar-refractivity contribution in [2.75, 3.05) is 38.2 Å². The molecular weight excluding hydrogens is 328 g/mol. The number of aryl methyl sites for hydroxylation is 1. The van der Waals surface area contributed by atoms with Crippen LogP contribution in [0.1, 0.15) is 15.9 Å². The van der Waals surface area contributed by atoms with Crippen LogP contribution in [-0.4, -0.2) is 54.1 Å². The SMILES string of the molecule is COc1cc(C)c(C(=O)N2CCN(c3ncccn3)CC2)cc1Cl. The molecule has 1 aromatic carbocycles. The third-order valence-corrected chi connectivity index (χ3v) is 4.43. The maximum atomic E-state index is 12.8. The highest BCUT2D eigenvalue weighted by Crippen LogP contribution is 2.28. The minimum Gasteiger partial charge on any atom is -0.495 e. The van der Waals surface area contributed by atoms with Crippen molar-refractivity contribution in [3.05, 3.63) is 46.7 Å². The van der Waals surface area contributed by atoms with Crippen molar-refractivity contribution in [1.82, 2.24) is 14.9 Å². The van der Waals surface area contributed by atoms with E-state index in [0.29, 0.717) is 48.5 Å². The van der Waals surface area contributed by atoms with Crippen molar-refractivity contribution >= 4 is 23.5 Å². The molecule has 0 N–H and O–H groups in total. The molecule has 0 radical (unpaired) electrons. The molecule has 1 aliphatic rings. The lowest BCUT2D eigenvalue weighted by molar-refractivity contribution is 0.0745. The molecule has 1 aromatic heterocycles. The van der Waals surface area contributed by atoms with Crippen LogP contribution in [0.3, 0.4) is 0 Å². The fraction of sp³-hybridized carbons (Fsp3) is 0.353. The highest BCUT2D eigenvalue weighted by atomic mass is 35.5. The fourth-order valence-corrected chi connectivity index (χ4v) is 3.02. The van der Waals surface area contributed by atoms with Gasteiger partial charge in [0.15, 0.2) is 0 Å². The van der Waals surface area contributed by atoms with Crippen molar-refractivity contribution in [3.63, 3.8) is 0 Å². The summed E-state index contributed by atoms with van der Waals surface area (Å²) in [6, 6.07) is 5.27. The molecule has 6 nitrogen and oxygen atoms in total. The zero-order valence-electron chi connectivity index (χ0n) is 13.7. The lowest BCUT2D eigenvalue weighted by Crippen LogP contribution is -2.49. The molecule has 0 spiro atoms. The topological polar surface area (TPSA) is 58.6 Å². The third-order valence-electron chi connectivity index (χ3n) is 4.13. The Morgan fingerprint density at radius 1 is 1.17 bits per heavy atom. The van der Waals surface area contributed by atoms with Crippen LogP contribution in [0.5, 0.6) is 5.75 Å². The van der Waals surface area contributed by atoms with E-state index in [4.69, 9.17) is 16.3 Å². The van der Waals surface area contributed by atoms with Gasteiger partial charge in [-0.1, -0.05) is 11.6 Å². The van der Waals surface area contributed by atoms with Gasteiger partial charge in [-0.2, -0.15) is 0 Å². The minimum atomic E-state index is -0.00863. The first kappa shape index (κ1) is 16.5. The summed E-state index contributed by atoms with van der Waals surface area (Å²) in [4.78, 5) is 25.2. The van der Waals surface area contributed by atoms with E-state index in [1.807, 2.05) is 11.8 Å². The zero-order valence-corrected chi connectivity index (χ0v) is 14.5. The molecule has 1 amide bonds. The molecular formula is C17H19ClN4O2. The van der Waals surface area contributed by atoms with Crippen molar-refractivity contribution in [3.8, 4) is 5.75 Å². The number of anilines is 1. The number of halogens is 1.